The fraction of sp³-hybridized carbons (Fsp3) is 0.565. The summed E-state index contributed by atoms with van der Waals surface area (Å²) >= 11 is 0. The lowest BCUT2D eigenvalue weighted by molar-refractivity contribution is -0.137. The third-order valence-corrected chi connectivity index (χ3v) is 5.89. The lowest BCUT2D eigenvalue weighted by Gasteiger charge is -2.31. The van der Waals surface area contributed by atoms with Gasteiger partial charge < -0.3 is 15.5 Å². The second kappa shape index (κ2) is 11.2. The Bertz CT molecular complexity index is 866. The molecule has 2 aliphatic heterocycles. The summed E-state index contributed by atoms with van der Waals surface area (Å²) in [5.74, 6) is -3.50. The molecule has 0 aromatic heterocycles. The zero-order valence-corrected chi connectivity index (χ0v) is 18.5. The molecule has 1 atom stereocenters. The number of amides is 4. The number of anilines is 2. The Balaban J connectivity index is 1.29. The fourth-order valence-corrected chi connectivity index (χ4v) is 3.89. The Morgan fingerprint density at radius 1 is 1.00 bits per heavy atom. The molecule has 0 bridgehead atoms. The topological polar surface area (TPSA) is 108 Å². The highest BCUT2D eigenvalue weighted by molar-refractivity contribution is 6.01. The predicted octanol–water partition coefficient (Wildman–Crippen LogP) is 3.05. The molecule has 4 amide bonds. The van der Waals surface area contributed by atoms with E-state index < -0.39 is 12.0 Å². The van der Waals surface area contributed by atoms with Crippen molar-refractivity contribution in [2.75, 3.05) is 23.7 Å². The lowest BCUT2D eigenvalue weighted by atomic mass is 10.1. The van der Waals surface area contributed by atoms with Crippen molar-refractivity contribution in [2.45, 2.75) is 69.8 Å². The van der Waals surface area contributed by atoms with Gasteiger partial charge in [0, 0.05) is 56.6 Å². The molecule has 33 heavy (non-hydrogen) atoms. The van der Waals surface area contributed by atoms with E-state index in [1.807, 2.05) is 0 Å². The van der Waals surface area contributed by atoms with Crippen molar-refractivity contribution in [3.8, 4) is 0 Å². The maximum Gasteiger partial charge on any atom is 0.251 e. The highest BCUT2D eigenvalue weighted by Gasteiger charge is 2.35. The predicted molar refractivity (Wildman–Crippen MR) is 119 cm³/mol. The van der Waals surface area contributed by atoms with Crippen LogP contribution in [0.25, 0.3) is 0 Å². The number of alkyl halides is 2. The average molecular weight is 465 g/mol. The molecule has 2 heterocycles. The third-order valence-electron chi connectivity index (χ3n) is 5.89. The molecule has 2 aliphatic rings. The van der Waals surface area contributed by atoms with Crippen LogP contribution in [-0.4, -0.2) is 53.6 Å². The largest absolute Gasteiger partial charge is 0.374 e. The number of benzene rings is 1. The van der Waals surface area contributed by atoms with Gasteiger partial charge in [0.25, 0.3) is 5.92 Å². The summed E-state index contributed by atoms with van der Waals surface area (Å²) in [6.07, 6.45) is 2.78. The number of likely N-dealkylation sites (tertiary alicyclic amines) is 1. The van der Waals surface area contributed by atoms with E-state index in [2.05, 4.69) is 16.0 Å². The van der Waals surface area contributed by atoms with Crippen LogP contribution in [0.4, 0.5) is 20.2 Å². The van der Waals surface area contributed by atoms with Gasteiger partial charge in [-0.1, -0.05) is 6.42 Å². The van der Waals surface area contributed by atoms with E-state index in [1.54, 1.807) is 24.3 Å². The molecule has 1 aromatic carbocycles. The first-order valence-corrected chi connectivity index (χ1v) is 11.4. The van der Waals surface area contributed by atoms with Gasteiger partial charge in [-0.3, -0.25) is 24.5 Å². The van der Waals surface area contributed by atoms with Gasteiger partial charge in [-0.15, -0.1) is 0 Å². The highest BCUT2D eigenvalue weighted by Crippen LogP contribution is 2.28. The van der Waals surface area contributed by atoms with Gasteiger partial charge in [0.2, 0.25) is 23.6 Å². The Morgan fingerprint density at radius 2 is 1.64 bits per heavy atom. The molecular weight excluding hydrogens is 434 g/mol. The molecule has 1 unspecified atom stereocenters. The molecule has 10 heteroatoms. The summed E-state index contributed by atoms with van der Waals surface area (Å²) in [5.41, 5.74) is 1.34. The van der Waals surface area contributed by atoms with Crippen molar-refractivity contribution in [1.82, 2.24) is 10.2 Å². The van der Waals surface area contributed by atoms with Gasteiger partial charge in [-0.2, -0.15) is 0 Å². The Morgan fingerprint density at radius 3 is 2.30 bits per heavy atom. The zero-order chi connectivity index (χ0) is 23.8. The van der Waals surface area contributed by atoms with Crippen LogP contribution in [0.15, 0.2) is 24.3 Å². The number of piperidine rings is 2. The standard InChI is InChI=1S/C23H30F2N4O4/c24-23(25)12-14-29(15-13-23)21(32)5-3-1-2-4-19(30)27-17-8-6-16(7-9-17)26-18-10-11-20(31)28-22(18)33/h6-9,18,26H,1-5,10-15H2,(H,27,30)(H,28,31,33). The molecule has 2 fully saturated rings. The number of hydrogen-bond donors (Lipinski definition) is 3. The summed E-state index contributed by atoms with van der Waals surface area (Å²) in [4.78, 5) is 48.7. The molecule has 3 rings (SSSR count). The van der Waals surface area contributed by atoms with Crippen LogP contribution in [0.2, 0.25) is 0 Å². The van der Waals surface area contributed by atoms with Crippen molar-refractivity contribution in [3.05, 3.63) is 24.3 Å². The second-order valence-corrected chi connectivity index (χ2v) is 8.57. The quantitative estimate of drug-likeness (QED) is 0.385. The first kappa shape index (κ1) is 24.6. The fourth-order valence-electron chi connectivity index (χ4n) is 3.89. The van der Waals surface area contributed by atoms with Crippen LogP contribution in [0.5, 0.6) is 0 Å². The second-order valence-electron chi connectivity index (χ2n) is 8.57. The lowest BCUT2D eigenvalue weighted by Crippen LogP contribution is -2.47. The highest BCUT2D eigenvalue weighted by atomic mass is 19.3. The number of rotatable bonds is 9. The van der Waals surface area contributed by atoms with Gasteiger partial charge in [0.15, 0.2) is 0 Å². The smallest absolute Gasteiger partial charge is 0.251 e. The number of unbranched alkanes of at least 4 members (excludes halogenated alkanes) is 2. The van der Waals surface area contributed by atoms with E-state index in [0.29, 0.717) is 56.3 Å². The van der Waals surface area contributed by atoms with E-state index in [9.17, 15) is 28.0 Å². The molecule has 0 aliphatic carbocycles. The number of carbonyl (C=O) groups is 4. The maximum absolute atomic E-state index is 13.2. The Kier molecular flexibility index (Phi) is 8.35. The Labute approximate surface area is 191 Å². The molecule has 0 saturated carbocycles. The first-order chi connectivity index (χ1) is 15.7. The molecule has 8 nitrogen and oxygen atoms in total. The van der Waals surface area contributed by atoms with Gasteiger partial charge in [0.1, 0.15) is 6.04 Å². The maximum atomic E-state index is 13.2. The summed E-state index contributed by atoms with van der Waals surface area (Å²) < 4.78 is 26.3. The van der Waals surface area contributed by atoms with E-state index in [4.69, 9.17) is 0 Å². The normalized spacial score (nSPS) is 20.2. The number of nitrogens with one attached hydrogen (secondary N) is 3. The van der Waals surface area contributed by atoms with Crippen molar-refractivity contribution >= 4 is 35.0 Å². The molecule has 3 N–H and O–H groups in total. The average Bonchev–Trinajstić information content (AvgIpc) is 2.76. The summed E-state index contributed by atoms with van der Waals surface area (Å²) in [7, 11) is 0. The molecule has 0 radical (unpaired) electrons. The van der Waals surface area contributed by atoms with Crippen molar-refractivity contribution in [2.24, 2.45) is 0 Å². The SMILES string of the molecule is O=C1CCC(Nc2ccc(NC(=O)CCCCCC(=O)N3CCC(F)(F)CC3)cc2)C(=O)N1. The number of imide groups is 1. The monoisotopic (exact) mass is 464 g/mol. The third kappa shape index (κ3) is 7.80. The summed E-state index contributed by atoms with van der Waals surface area (Å²) in [6.45, 7) is 0.214. The van der Waals surface area contributed by atoms with Gasteiger partial charge in [-0.05, 0) is 43.5 Å². The summed E-state index contributed by atoms with van der Waals surface area (Å²) in [5, 5.41) is 8.18. The van der Waals surface area contributed by atoms with E-state index in [1.165, 1.54) is 4.90 Å². The molecular formula is C23H30F2N4O4. The molecule has 0 spiro atoms. The molecule has 1 aromatic rings. The summed E-state index contributed by atoms with van der Waals surface area (Å²) in [6, 6.07) is 6.49. The van der Waals surface area contributed by atoms with Gasteiger partial charge >= 0.3 is 0 Å². The van der Waals surface area contributed by atoms with Crippen LogP contribution >= 0.6 is 0 Å². The van der Waals surface area contributed by atoms with E-state index in [-0.39, 0.29) is 49.6 Å². The van der Waals surface area contributed by atoms with Gasteiger partial charge in [-0.25, -0.2) is 8.78 Å². The van der Waals surface area contributed by atoms with Crippen molar-refractivity contribution in [1.29, 1.82) is 0 Å². The molecule has 180 valence electrons. The zero-order valence-electron chi connectivity index (χ0n) is 18.5. The minimum absolute atomic E-state index is 0.0963. The number of nitrogens with zero attached hydrogens (tertiary/aromatic N) is 1. The molecule has 2 saturated heterocycles. The van der Waals surface area contributed by atoms with Crippen LogP contribution in [0.1, 0.15) is 57.8 Å². The van der Waals surface area contributed by atoms with Crippen molar-refractivity contribution in [3.63, 3.8) is 0 Å². The van der Waals surface area contributed by atoms with Crippen LogP contribution in [0, 0.1) is 0 Å². The van der Waals surface area contributed by atoms with E-state index >= 15 is 0 Å². The van der Waals surface area contributed by atoms with Crippen molar-refractivity contribution < 1.29 is 28.0 Å². The number of carbonyl (C=O) groups excluding carboxylic acids is 4. The van der Waals surface area contributed by atoms with Crippen LogP contribution in [-0.2, 0) is 19.2 Å². The van der Waals surface area contributed by atoms with Gasteiger partial charge in [0.05, 0.1) is 0 Å². The van der Waals surface area contributed by atoms with Crippen LogP contribution in [0.3, 0.4) is 0 Å². The minimum atomic E-state index is -2.66. The number of hydrogen-bond acceptors (Lipinski definition) is 5. The minimum Gasteiger partial charge on any atom is -0.374 e. The van der Waals surface area contributed by atoms with Crippen LogP contribution < -0.4 is 16.0 Å². The van der Waals surface area contributed by atoms with E-state index in [0.717, 1.165) is 0 Å². The Hall–Kier alpha value is -3.04. The number of halogens is 2. The first-order valence-electron chi connectivity index (χ1n) is 11.4.